The van der Waals surface area contributed by atoms with E-state index in [-0.39, 0.29) is 6.10 Å². The third kappa shape index (κ3) is 7.40. The van der Waals surface area contributed by atoms with E-state index in [1.807, 2.05) is 0 Å². The SMILES string of the molecule is CCCCCC(O)c1ccc([C@H]2CC[C@@H](Cl)[C@@H]2CCCCCCCO)cc1. The molecule has 0 radical (unpaired) electrons. The van der Waals surface area contributed by atoms with Crippen molar-refractivity contribution in [3.63, 3.8) is 0 Å². The van der Waals surface area contributed by atoms with Crippen LogP contribution in [0.2, 0.25) is 0 Å². The number of unbranched alkanes of at least 4 members (excludes halogenated alkanes) is 6. The van der Waals surface area contributed by atoms with Gasteiger partial charge in [0.05, 0.1) is 6.10 Å². The van der Waals surface area contributed by atoms with Crippen LogP contribution in [-0.4, -0.2) is 22.2 Å². The van der Waals surface area contributed by atoms with Crippen LogP contribution in [0.5, 0.6) is 0 Å². The number of halogens is 1. The molecule has 0 amide bonds. The molecule has 0 bridgehead atoms. The van der Waals surface area contributed by atoms with Gasteiger partial charge in [0, 0.05) is 12.0 Å². The highest BCUT2D eigenvalue weighted by Gasteiger charge is 2.35. The van der Waals surface area contributed by atoms with Crippen LogP contribution in [0.4, 0.5) is 0 Å². The molecule has 1 saturated carbocycles. The van der Waals surface area contributed by atoms with Crippen molar-refractivity contribution in [2.24, 2.45) is 5.92 Å². The largest absolute Gasteiger partial charge is 0.396 e. The zero-order valence-electron chi connectivity index (χ0n) is 17.1. The molecule has 2 N–H and O–H groups in total. The molecule has 1 aromatic carbocycles. The maximum absolute atomic E-state index is 10.4. The van der Waals surface area contributed by atoms with Crippen molar-refractivity contribution in [3.8, 4) is 0 Å². The topological polar surface area (TPSA) is 40.5 Å². The van der Waals surface area contributed by atoms with E-state index in [1.54, 1.807) is 0 Å². The number of rotatable bonds is 13. The molecule has 3 heteroatoms. The van der Waals surface area contributed by atoms with Gasteiger partial charge in [-0.15, -0.1) is 11.6 Å². The summed E-state index contributed by atoms with van der Waals surface area (Å²) < 4.78 is 0. The normalized spacial score (nSPS) is 23.6. The van der Waals surface area contributed by atoms with Gasteiger partial charge < -0.3 is 10.2 Å². The Kier molecular flexibility index (Phi) is 10.8. The predicted octanol–water partition coefficient (Wildman–Crippen LogP) is 6.73. The Morgan fingerprint density at radius 1 is 0.963 bits per heavy atom. The lowest BCUT2D eigenvalue weighted by Crippen LogP contribution is -2.14. The summed E-state index contributed by atoms with van der Waals surface area (Å²) in [7, 11) is 0. The molecule has 0 aliphatic heterocycles. The van der Waals surface area contributed by atoms with Crippen LogP contribution in [0.15, 0.2) is 24.3 Å². The van der Waals surface area contributed by atoms with Crippen molar-refractivity contribution in [3.05, 3.63) is 35.4 Å². The van der Waals surface area contributed by atoms with Crippen LogP contribution in [0.3, 0.4) is 0 Å². The minimum atomic E-state index is -0.329. The summed E-state index contributed by atoms with van der Waals surface area (Å²) in [5, 5.41) is 19.5. The van der Waals surface area contributed by atoms with Gasteiger partial charge >= 0.3 is 0 Å². The first kappa shape index (κ1) is 22.7. The van der Waals surface area contributed by atoms with Gasteiger partial charge in [-0.05, 0) is 55.1 Å². The molecule has 2 nitrogen and oxygen atoms in total. The van der Waals surface area contributed by atoms with Gasteiger partial charge in [0.15, 0.2) is 0 Å². The van der Waals surface area contributed by atoms with Crippen LogP contribution in [0, 0.1) is 5.92 Å². The molecule has 1 aliphatic carbocycles. The summed E-state index contributed by atoms with van der Waals surface area (Å²) in [6.07, 6.45) is 13.3. The Labute approximate surface area is 171 Å². The molecule has 0 spiro atoms. The van der Waals surface area contributed by atoms with E-state index in [9.17, 15) is 5.11 Å². The number of hydrogen-bond donors (Lipinski definition) is 2. The number of benzene rings is 1. The van der Waals surface area contributed by atoms with Crippen LogP contribution >= 0.6 is 11.6 Å². The fourth-order valence-electron chi connectivity index (χ4n) is 4.56. The van der Waals surface area contributed by atoms with Crippen LogP contribution in [0.1, 0.15) is 107 Å². The molecule has 1 unspecified atom stereocenters. The molecular formula is C24H39ClO2. The molecule has 0 aromatic heterocycles. The first-order valence-corrected chi connectivity index (χ1v) is 11.6. The monoisotopic (exact) mass is 394 g/mol. The lowest BCUT2D eigenvalue weighted by molar-refractivity contribution is 0.163. The molecule has 4 atom stereocenters. The van der Waals surface area contributed by atoms with Crippen molar-refractivity contribution in [1.29, 1.82) is 0 Å². The van der Waals surface area contributed by atoms with Crippen molar-refractivity contribution in [1.82, 2.24) is 0 Å². The lowest BCUT2D eigenvalue weighted by atomic mass is 9.84. The Morgan fingerprint density at radius 2 is 1.67 bits per heavy atom. The minimum Gasteiger partial charge on any atom is -0.396 e. The minimum absolute atomic E-state index is 0.298. The molecule has 1 aliphatic rings. The first-order chi connectivity index (χ1) is 13.2. The third-order valence-corrected chi connectivity index (χ3v) is 6.80. The van der Waals surface area contributed by atoms with Crippen molar-refractivity contribution < 1.29 is 10.2 Å². The maximum atomic E-state index is 10.4. The van der Waals surface area contributed by atoms with E-state index in [1.165, 1.54) is 50.5 Å². The van der Waals surface area contributed by atoms with Gasteiger partial charge in [0.2, 0.25) is 0 Å². The van der Waals surface area contributed by atoms with Gasteiger partial charge in [-0.2, -0.15) is 0 Å². The zero-order valence-corrected chi connectivity index (χ0v) is 17.8. The Hall–Kier alpha value is -0.570. The third-order valence-electron chi connectivity index (χ3n) is 6.26. The van der Waals surface area contributed by atoms with E-state index in [4.69, 9.17) is 16.7 Å². The van der Waals surface area contributed by atoms with Gasteiger partial charge in [-0.1, -0.05) is 76.1 Å². The van der Waals surface area contributed by atoms with Crippen LogP contribution in [-0.2, 0) is 0 Å². The Bertz CT molecular complexity index is 502. The summed E-state index contributed by atoms with van der Waals surface area (Å²) in [5.74, 6) is 1.14. The number of alkyl halides is 1. The van der Waals surface area contributed by atoms with Crippen molar-refractivity contribution >= 4 is 11.6 Å². The molecule has 0 saturated heterocycles. The molecule has 1 fully saturated rings. The summed E-state index contributed by atoms with van der Waals surface area (Å²) in [6.45, 7) is 2.51. The van der Waals surface area contributed by atoms with Gasteiger partial charge in [0.1, 0.15) is 0 Å². The smallest absolute Gasteiger partial charge is 0.0790 e. The zero-order chi connectivity index (χ0) is 19.5. The summed E-state index contributed by atoms with van der Waals surface area (Å²) >= 11 is 6.66. The molecular weight excluding hydrogens is 356 g/mol. The first-order valence-electron chi connectivity index (χ1n) is 11.2. The van der Waals surface area contributed by atoms with E-state index in [0.717, 1.165) is 37.7 Å². The van der Waals surface area contributed by atoms with E-state index >= 15 is 0 Å². The second-order valence-corrected chi connectivity index (χ2v) is 8.88. The highest BCUT2D eigenvalue weighted by Crippen LogP contribution is 2.45. The molecule has 154 valence electrons. The van der Waals surface area contributed by atoms with Gasteiger partial charge in [-0.3, -0.25) is 0 Å². The highest BCUT2D eigenvalue weighted by molar-refractivity contribution is 6.21. The Morgan fingerprint density at radius 3 is 2.37 bits per heavy atom. The van der Waals surface area contributed by atoms with Crippen LogP contribution in [0.25, 0.3) is 0 Å². The maximum Gasteiger partial charge on any atom is 0.0790 e. The molecule has 1 aromatic rings. The highest BCUT2D eigenvalue weighted by atomic mass is 35.5. The second-order valence-electron chi connectivity index (χ2n) is 8.32. The van der Waals surface area contributed by atoms with Gasteiger partial charge in [0.25, 0.3) is 0 Å². The number of aliphatic hydroxyl groups excluding tert-OH is 2. The average molecular weight is 395 g/mol. The van der Waals surface area contributed by atoms with Gasteiger partial charge in [-0.25, -0.2) is 0 Å². The summed E-state index contributed by atoms with van der Waals surface area (Å²) in [5.41, 5.74) is 2.45. The summed E-state index contributed by atoms with van der Waals surface area (Å²) in [4.78, 5) is 0. The summed E-state index contributed by atoms with van der Waals surface area (Å²) in [6, 6.07) is 8.71. The second kappa shape index (κ2) is 12.8. The fourth-order valence-corrected chi connectivity index (χ4v) is 4.98. The molecule has 0 heterocycles. The standard InChI is InChI=1S/C24H39ClO2/c1-2-3-7-11-24(27)20-14-12-19(13-15-20)21-16-17-23(25)22(21)10-8-5-4-6-9-18-26/h12-15,21-24,26-27H,2-11,16-18H2,1H3/t21-,22-,23-,24?/m1/s1. The quantitative estimate of drug-likeness (QED) is 0.287. The average Bonchev–Trinajstić information content (AvgIpc) is 3.05. The van der Waals surface area contributed by atoms with Crippen molar-refractivity contribution in [2.75, 3.05) is 6.61 Å². The predicted molar refractivity (Wildman–Crippen MR) is 115 cm³/mol. The van der Waals surface area contributed by atoms with E-state index in [0.29, 0.717) is 23.8 Å². The van der Waals surface area contributed by atoms with Crippen molar-refractivity contribution in [2.45, 2.75) is 101 Å². The number of aliphatic hydroxyl groups is 2. The molecule has 27 heavy (non-hydrogen) atoms. The van der Waals surface area contributed by atoms with Crippen LogP contribution < -0.4 is 0 Å². The van der Waals surface area contributed by atoms with E-state index in [2.05, 4.69) is 31.2 Å². The number of hydrogen-bond acceptors (Lipinski definition) is 2. The molecule has 2 rings (SSSR count). The fraction of sp³-hybridized carbons (Fsp3) is 0.750. The Balaban J connectivity index is 1.85. The van der Waals surface area contributed by atoms with E-state index < -0.39 is 0 Å². The lowest BCUT2D eigenvalue weighted by Gasteiger charge is -2.23.